The van der Waals surface area contributed by atoms with E-state index < -0.39 is 0 Å². The van der Waals surface area contributed by atoms with Crippen molar-refractivity contribution < 1.29 is 0 Å². The van der Waals surface area contributed by atoms with Crippen LogP contribution in [0.4, 0.5) is 0 Å². The van der Waals surface area contributed by atoms with E-state index in [2.05, 4.69) is 22.2 Å². The first-order valence-electron chi connectivity index (χ1n) is 6.34. The maximum Gasteiger partial charge on any atom is 0.107 e. The second-order valence-electron chi connectivity index (χ2n) is 4.45. The van der Waals surface area contributed by atoms with Gasteiger partial charge in [-0.1, -0.05) is 36.2 Å². The van der Waals surface area contributed by atoms with Crippen molar-refractivity contribution >= 4 is 23.2 Å². The fourth-order valence-electron chi connectivity index (χ4n) is 2.10. The molecule has 19 heavy (non-hydrogen) atoms. The zero-order valence-corrected chi connectivity index (χ0v) is 12.3. The van der Waals surface area contributed by atoms with Gasteiger partial charge in [0.2, 0.25) is 0 Å². The second-order valence-corrected chi connectivity index (χ2v) is 5.26. The van der Waals surface area contributed by atoms with Crippen LogP contribution in [0.3, 0.4) is 0 Å². The molecule has 2 N–H and O–H groups in total. The molecule has 1 aromatic heterocycles. The lowest BCUT2D eigenvalue weighted by Crippen LogP contribution is -2.33. The van der Waals surface area contributed by atoms with Crippen LogP contribution >= 0.6 is 23.2 Å². The highest BCUT2D eigenvalue weighted by Crippen LogP contribution is 2.23. The summed E-state index contributed by atoms with van der Waals surface area (Å²) in [5.74, 6) is 0.992. The van der Waals surface area contributed by atoms with E-state index in [1.807, 2.05) is 24.4 Å². The number of benzene rings is 1. The molecule has 5 heteroatoms. The van der Waals surface area contributed by atoms with Crippen molar-refractivity contribution in [1.82, 2.24) is 15.3 Å². The third kappa shape index (κ3) is 4.23. The van der Waals surface area contributed by atoms with Gasteiger partial charge in [0.1, 0.15) is 5.82 Å². The summed E-state index contributed by atoms with van der Waals surface area (Å²) in [4.78, 5) is 7.40. The number of hydrogen-bond donors (Lipinski definition) is 2. The normalized spacial score (nSPS) is 12.6. The van der Waals surface area contributed by atoms with Gasteiger partial charge in [-0.15, -0.1) is 0 Å². The molecule has 2 aromatic rings. The summed E-state index contributed by atoms with van der Waals surface area (Å²) in [5.41, 5.74) is 1.17. The molecule has 0 fully saturated rings. The van der Waals surface area contributed by atoms with Crippen molar-refractivity contribution in [2.24, 2.45) is 0 Å². The Kier molecular flexibility index (Phi) is 5.25. The van der Waals surface area contributed by atoms with Gasteiger partial charge in [0, 0.05) is 24.9 Å². The largest absolute Gasteiger partial charge is 0.349 e. The molecule has 102 valence electrons. The summed E-state index contributed by atoms with van der Waals surface area (Å²) in [6.45, 7) is 3.02. The van der Waals surface area contributed by atoms with E-state index in [1.54, 1.807) is 6.20 Å². The van der Waals surface area contributed by atoms with Crippen LogP contribution < -0.4 is 5.32 Å². The summed E-state index contributed by atoms with van der Waals surface area (Å²) in [6.07, 6.45) is 5.38. The quantitative estimate of drug-likeness (QED) is 0.857. The number of nitrogens with one attached hydrogen (secondary N) is 2. The standard InChI is InChI=1S/C14H17Cl2N3/c1-2-17-11(9-14-18-5-6-19-14)7-10-3-4-12(15)13(16)8-10/h3-6,8,11,17H,2,7,9H2,1H3,(H,18,19). The molecule has 0 saturated heterocycles. The molecule has 1 unspecified atom stereocenters. The molecule has 0 aliphatic heterocycles. The molecule has 2 rings (SSSR count). The zero-order valence-electron chi connectivity index (χ0n) is 10.8. The maximum absolute atomic E-state index is 6.05. The van der Waals surface area contributed by atoms with Gasteiger partial charge in [-0.2, -0.15) is 0 Å². The average molecular weight is 298 g/mol. The van der Waals surface area contributed by atoms with Crippen LogP contribution in [0.2, 0.25) is 10.0 Å². The number of halogens is 2. The minimum absolute atomic E-state index is 0.327. The smallest absolute Gasteiger partial charge is 0.107 e. The summed E-state index contributed by atoms with van der Waals surface area (Å²) in [7, 11) is 0. The molecule has 1 aromatic carbocycles. The van der Waals surface area contributed by atoms with Crippen LogP contribution in [0.5, 0.6) is 0 Å². The van der Waals surface area contributed by atoms with Gasteiger partial charge in [0.15, 0.2) is 0 Å². The van der Waals surface area contributed by atoms with E-state index in [0.717, 1.165) is 25.2 Å². The monoisotopic (exact) mass is 297 g/mol. The predicted molar refractivity (Wildman–Crippen MR) is 79.9 cm³/mol. The van der Waals surface area contributed by atoms with Gasteiger partial charge < -0.3 is 10.3 Å². The highest BCUT2D eigenvalue weighted by Gasteiger charge is 2.11. The van der Waals surface area contributed by atoms with Crippen molar-refractivity contribution in [3.63, 3.8) is 0 Å². The second kappa shape index (κ2) is 6.94. The molecular weight excluding hydrogens is 281 g/mol. The van der Waals surface area contributed by atoms with Crippen LogP contribution in [-0.2, 0) is 12.8 Å². The van der Waals surface area contributed by atoms with Crippen LogP contribution in [0, 0.1) is 0 Å². The van der Waals surface area contributed by atoms with E-state index in [4.69, 9.17) is 23.2 Å². The van der Waals surface area contributed by atoms with Gasteiger partial charge in [-0.3, -0.25) is 0 Å². The first kappa shape index (κ1) is 14.4. The summed E-state index contributed by atoms with van der Waals surface area (Å²) >= 11 is 12.0. The number of rotatable bonds is 6. The molecule has 0 aliphatic rings. The molecule has 0 radical (unpaired) electrons. The van der Waals surface area contributed by atoms with Crippen molar-refractivity contribution in [3.05, 3.63) is 52.0 Å². The Balaban J connectivity index is 2.05. The van der Waals surface area contributed by atoms with Crippen LogP contribution in [-0.4, -0.2) is 22.6 Å². The molecule has 0 spiro atoms. The zero-order chi connectivity index (χ0) is 13.7. The fourth-order valence-corrected chi connectivity index (χ4v) is 2.42. The first-order chi connectivity index (χ1) is 9.19. The topological polar surface area (TPSA) is 40.7 Å². The Morgan fingerprint density at radius 2 is 2.11 bits per heavy atom. The van der Waals surface area contributed by atoms with E-state index in [9.17, 15) is 0 Å². The van der Waals surface area contributed by atoms with Gasteiger partial charge >= 0.3 is 0 Å². The fraction of sp³-hybridized carbons (Fsp3) is 0.357. The van der Waals surface area contributed by atoms with Crippen molar-refractivity contribution in [2.75, 3.05) is 6.54 Å². The van der Waals surface area contributed by atoms with E-state index >= 15 is 0 Å². The minimum atomic E-state index is 0.327. The number of nitrogens with zero attached hydrogens (tertiary/aromatic N) is 1. The summed E-state index contributed by atoms with van der Waals surface area (Å²) in [5, 5.41) is 4.67. The van der Waals surface area contributed by atoms with Crippen LogP contribution in [0.15, 0.2) is 30.6 Å². The number of aromatic nitrogens is 2. The molecule has 3 nitrogen and oxygen atoms in total. The number of hydrogen-bond acceptors (Lipinski definition) is 2. The van der Waals surface area contributed by atoms with Crippen LogP contribution in [0.1, 0.15) is 18.3 Å². The van der Waals surface area contributed by atoms with Crippen LogP contribution in [0.25, 0.3) is 0 Å². The molecule has 0 bridgehead atoms. The van der Waals surface area contributed by atoms with Gasteiger partial charge in [0.25, 0.3) is 0 Å². The van der Waals surface area contributed by atoms with Crippen molar-refractivity contribution in [1.29, 1.82) is 0 Å². The molecular formula is C14H17Cl2N3. The highest BCUT2D eigenvalue weighted by molar-refractivity contribution is 6.42. The number of aromatic amines is 1. The Bertz CT molecular complexity index is 511. The van der Waals surface area contributed by atoms with Gasteiger partial charge in [0.05, 0.1) is 10.0 Å². The lowest BCUT2D eigenvalue weighted by molar-refractivity contribution is 0.512. The van der Waals surface area contributed by atoms with E-state index in [0.29, 0.717) is 16.1 Å². The lowest BCUT2D eigenvalue weighted by Gasteiger charge is -2.17. The third-order valence-corrected chi connectivity index (χ3v) is 3.69. The highest BCUT2D eigenvalue weighted by atomic mass is 35.5. The van der Waals surface area contributed by atoms with E-state index in [1.165, 1.54) is 5.56 Å². The Labute approximate surface area is 123 Å². The Hall–Kier alpha value is -1.03. The molecule has 0 amide bonds. The Morgan fingerprint density at radius 3 is 2.74 bits per heavy atom. The summed E-state index contributed by atoms with van der Waals surface area (Å²) in [6, 6.07) is 6.11. The lowest BCUT2D eigenvalue weighted by atomic mass is 10.0. The maximum atomic E-state index is 6.05. The SMILES string of the molecule is CCNC(Cc1ccc(Cl)c(Cl)c1)Cc1ncc[nH]1. The average Bonchev–Trinajstić information content (AvgIpc) is 2.87. The van der Waals surface area contributed by atoms with E-state index in [-0.39, 0.29) is 0 Å². The van der Waals surface area contributed by atoms with Gasteiger partial charge in [-0.25, -0.2) is 4.98 Å². The minimum Gasteiger partial charge on any atom is -0.349 e. The molecule has 1 heterocycles. The molecule has 1 atom stereocenters. The first-order valence-corrected chi connectivity index (χ1v) is 7.10. The number of H-pyrrole nitrogens is 1. The molecule has 0 aliphatic carbocycles. The Morgan fingerprint density at radius 1 is 1.26 bits per heavy atom. The number of likely N-dealkylation sites (N-methyl/N-ethyl adjacent to an activating group) is 1. The summed E-state index contributed by atoms with van der Waals surface area (Å²) < 4.78 is 0. The van der Waals surface area contributed by atoms with Gasteiger partial charge in [-0.05, 0) is 30.7 Å². The van der Waals surface area contributed by atoms with Crippen molar-refractivity contribution in [2.45, 2.75) is 25.8 Å². The number of imidazole rings is 1. The molecule has 0 saturated carbocycles. The van der Waals surface area contributed by atoms with Crippen molar-refractivity contribution in [3.8, 4) is 0 Å². The third-order valence-electron chi connectivity index (χ3n) is 2.95. The predicted octanol–water partition coefficient (Wildman–Crippen LogP) is 3.48.